The van der Waals surface area contributed by atoms with Crippen molar-refractivity contribution in [1.29, 1.82) is 0 Å². The van der Waals surface area contributed by atoms with Crippen molar-refractivity contribution in [2.75, 3.05) is 18.4 Å². The lowest BCUT2D eigenvalue weighted by Crippen LogP contribution is -2.37. The van der Waals surface area contributed by atoms with Crippen molar-refractivity contribution in [2.24, 2.45) is 5.92 Å². The van der Waals surface area contributed by atoms with Crippen LogP contribution >= 0.6 is 0 Å². The molecule has 2 fully saturated rings. The molecule has 2 heterocycles. The molecule has 0 spiro atoms. The average molecular weight is 470 g/mol. The van der Waals surface area contributed by atoms with Gasteiger partial charge in [0.1, 0.15) is 6.23 Å². The second-order valence-corrected chi connectivity index (χ2v) is 10.2. The van der Waals surface area contributed by atoms with Crippen LogP contribution in [0.25, 0.3) is 0 Å². The standard InChI is InChI=1S/C24H27N3O5S/c1-2-22(28)26-24-13-18-15-27(16-21(18)32-24)33(30,31)20-10-6-9-19(14-20)25-23(29)12-11-17-7-4-3-5-8-17/h2-10,14,18,21,24H,1,11-13,15-16H2,(H,25,29)(H,26,28). The van der Waals surface area contributed by atoms with Crippen LogP contribution in [-0.2, 0) is 30.8 Å². The predicted octanol–water partition coefficient (Wildman–Crippen LogP) is 2.30. The minimum Gasteiger partial charge on any atom is -0.354 e. The number of carbonyl (C=O) groups is 2. The molecule has 2 amide bonds. The Bertz CT molecular complexity index is 1120. The lowest BCUT2D eigenvalue weighted by molar-refractivity contribution is -0.120. The van der Waals surface area contributed by atoms with Gasteiger partial charge in [-0.15, -0.1) is 0 Å². The van der Waals surface area contributed by atoms with Crippen molar-refractivity contribution in [1.82, 2.24) is 9.62 Å². The van der Waals surface area contributed by atoms with E-state index in [1.165, 1.54) is 22.5 Å². The number of fused-ring (bicyclic) bond motifs is 1. The summed E-state index contributed by atoms with van der Waals surface area (Å²) in [6.07, 6.45) is 1.95. The second-order valence-electron chi connectivity index (χ2n) is 8.26. The number of carbonyl (C=O) groups excluding carboxylic acids is 2. The first-order valence-corrected chi connectivity index (χ1v) is 12.3. The third kappa shape index (κ3) is 5.50. The number of rotatable bonds is 8. The van der Waals surface area contributed by atoms with E-state index >= 15 is 0 Å². The SMILES string of the molecule is C=CC(=O)NC1CC2CN(S(=O)(=O)c3cccc(NC(=O)CCc4ccccc4)c3)CC2O1. The Hall–Kier alpha value is -3.01. The molecule has 0 saturated carbocycles. The largest absolute Gasteiger partial charge is 0.354 e. The summed E-state index contributed by atoms with van der Waals surface area (Å²) in [5.74, 6) is -0.479. The van der Waals surface area contributed by atoms with Gasteiger partial charge < -0.3 is 15.4 Å². The molecular weight excluding hydrogens is 442 g/mol. The molecule has 3 unspecified atom stereocenters. The highest BCUT2D eigenvalue weighted by Crippen LogP contribution is 2.35. The number of anilines is 1. The van der Waals surface area contributed by atoms with E-state index in [2.05, 4.69) is 17.2 Å². The van der Waals surface area contributed by atoms with Crippen LogP contribution < -0.4 is 10.6 Å². The van der Waals surface area contributed by atoms with Gasteiger partial charge in [-0.05, 0) is 42.7 Å². The predicted molar refractivity (Wildman–Crippen MR) is 124 cm³/mol. The highest BCUT2D eigenvalue weighted by atomic mass is 32.2. The number of aryl methyl sites for hydroxylation is 1. The van der Waals surface area contributed by atoms with Gasteiger partial charge in [0.05, 0.1) is 11.0 Å². The Morgan fingerprint density at radius 1 is 1.12 bits per heavy atom. The molecule has 33 heavy (non-hydrogen) atoms. The highest BCUT2D eigenvalue weighted by Gasteiger charge is 2.46. The van der Waals surface area contributed by atoms with Gasteiger partial charge in [-0.25, -0.2) is 8.42 Å². The molecule has 0 bridgehead atoms. The number of benzene rings is 2. The van der Waals surface area contributed by atoms with E-state index in [0.717, 1.165) is 5.56 Å². The minimum atomic E-state index is -3.74. The maximum atomic E-state index is 13.2. The zero-order valence-corrected chi connectivity index (χ0v) is 19.0. The lowest BCUT2D eigenvalue weighted by Gasteiger charge is -2.20. The first kappa shape index (κ1) is 23.2. The smallest absolute Gasteiger partial charge is 0.245 e. The summed E-state index contributed by atoms with van der Waals surface area (Å²) in [5.41, 5.74) is 1.51. The first-order valence-electron chi connectivity index (χ1n) is 10.9. The van der Waals surface area contributed by atoms with E-state index in [9.17, 15) is 18.0 Å². The van der Waals surface area contributed by atoms with Gasteiger partial charge >= 0.3 is 0 Å². The molecule has 8 nitrogen and oxygen atoms in total. The van der Waals surface area contributed by atoms with Crippen LogP contribution in [0.4, 0.5) is 5.69 Å². The number of sulfonamides is 1. The normalized spacial score (nSPS) is 22.5. The minimum absolute atomic E-state index is 0.00997. The van der Waals surface area contributed by atoms with Crippen LogP contribution in [0.2, 0.25) is 0 Å². The van der Waals surface area contributed by atoms with Gasteiger partial charge in [0.25, 0.3) is 0 Å². The van der Waals surface area contributed by atoms with Gasteiger partial charge in [-0.2, -0.15) is 4.31 Å². The van der Waals surface area contributed by atoms with Gasteiger partial charge in [-0.3, -0.25) is 9.59 Å². The highest BCUT2D eigenvalue weighted by molar-refractivity contribution is 7.89. The lowest BCUT2D eigenvalue weighted by atomic mass is 10.1. The van der Waals surface area contributed by atoms with Gasteiger partial charge in [0.15, 0.2) is 0 Å². The number of amides is 2. The fourth-order valence-electron chi connectivity index (χ4n) is 4.24. The number of hydrogen-bond donors (Lipinski definition) is 2. The molecule has 0 aromatic heterocycles. The Morgan fingerprint density at radius 3 is 2.64 bits per heavy atom. The topological polar surface area (TPSA) is 105 Å². The molecule has 4 rings (SSSR count). The molecule has 2 aliphatic rings. The van der Waals surface area contributed by atoms with Gasteiger partial charge in [0, 0.05) is 31.1 Å². The van der Waals surface area contributed by atoms with Crippen molar-refractivity contribution in [3.63, 3.8) is 0 Å². The summed E-state index contributed by atoms with van der Waals surface area (Å²) in [6, 6.07) is 16.0. The van der Waals surface area contributed by atoms with Crippen LogP contribution in [0.3, 0.4) is 0 Å². The van der Waals surface area contributed by atoms with Crippen molar-refractivity contribution < 1.29 is 22.7 Å². The molecule has 0 radical (unpaired) electrons. The first-order chi connectivity index (χ1) is 15.8. The second kappa shape index (κ2) is 9.86. The molecule has 9 heteroatoms. The molecule has 2 aromatic carbocycles. The Labute approximate surface area is 193 Å². The summed E-state index contributed by atoms with van der Waals surface area (Å²) in [4.78, 5) is 23.9. The molecule has 2 aliphatic heterocycles. The van der Waals surface area contributed by atoms with Crippen LogP contribution in [0, 0.1) is 5.92 Å². The monoisotopic (exact) mass is 469 g/mol. The number of hydrogen-bond acceptors (Lipinski definition) is 5. The van der Waals surface area contributed by atoms with E-state index in [0.29, 0.717) is 31.5 Å². The molecule has 3 atom stereocenters. The van der Waals surface area contributed by atoms with Crippen molar-refractivity contribution >= 4 is 27.5 Å². The maximum absolute atomic E-state index is 13.2. The summed E-state index contributed by atoms with van der Waals surface area (Å²) < 4.78 is 33.6. The van der Waals surface area contributed by atoms with Gasteiger partial charge in [0.2, 0.25) is 21.8 Å². The van der Waals surface area contributed by atoms with E-state index < -0.39 is 16.3 Å². The molecule has 0 aliphatic carbocycles. The van der Waals surface area contributed by atoms with Crippen LogP contribution in [0.1, 0.15) is 18.4 Å². The zero-order chi connectivity index (χ0) is 23.4. The van der Waals surface area contributed by atoms with Crippen LogP contribution in [0.15, 0.2) is 72.1 Å². The molecule has 2 saturated heterocycles. The maximum Gasteiger partial charge on any atom is 0.245 e. The third-order valence-electron chi connectivity index (χ3n) is 5.93. The zero-order valence-electron chi connectivity index (χ0n) is 18.1. The van der Waals surface area contributed by atoms with Crippen molar-refractivity contribution in [2.45, 2.75) is 36.5 Å². The van der Waals surface area contributed by atoms with E-state index in [4.69, 9.17) is 4.74 Å². The Balaban J connectivity index is 1.35. The van der Waals surface area contributed by atoms with Crippen LogP contribution in [-0.4, -0.2) is 50.0 Å². The van der Waals surface area contributed by atoms with Crippen LogP contribution in [0.5, 0.6) is 0 Å². The fraction of sp³-hybridized carbons (Fsp3) is 0.333. The third-order valence-corrected chi connectivity index (χ3v) is 7.76. The van der Waals surface area contributed by atoms with E-state index in [1.807, 2.05) is 30.3 Å². The molecular formula is C24H27N3O5S. The summed E-state index contributed by atoms with van der Waals surface area (Å²) in [7, 11) is -3.74. The molecule has 2 aromatic rings. The van der Waals surface area contributed by atoms with E-state index in [-0.39, 0.29) is 35.3 Å². The Morgan fingerprint density at radius 2 is 1.91 bits per heavy atom. The average Bonchev–Trinajstić information content (AvgIpc) is 3.38. The quantitative estimate of drug-likeness (QED) is 0.578. The fourth-order valence-corrected chi connectivity index (χ4v) is 5.80. The molecule has 2 N–H and O–H groups in total. The van der Waals surface area contributed by atoms with Gasteiger partial charge in [-0.1, -0.05) is 43.0 Å². The molecule has 174 valence electrons. The number of nitrogens with one attached hydrogen (secondary N) is 2. The number of ether oxygens (including phenoxy) is 1. The summed E-state index contributed by atoms with van der Waals surface area (Å²) in [5, 5.41) is 5.49. The van der Waals surface area contributed by atoms with E-state index in [1.54, 1.807) is 12.1 Å². The Kier molecular flexibility index (Phi) is 6.92. The number of nitrogens with zero attached hydrogens (tertiary/aromatic N) is 1. The summed E-state index contributed by atoms with van der Waals surface area (Å²) >= 11 is 0. The van der Waals surface area contributed by atoms with Crippen molar-refractivity contribution in [3.8, 4) is 0 Å². The summed E-state index contributed by atoms with van der Waals surface area (Å²) in [6.45, 7) is 3.96. The van der Waals surface area contributed by atoms with Crippen molar-refractivity contribution in [3.05, 3.63) is 72.8 Å².